The fourth-order valence-corrected chi connectivity index (χ4v) is 1.79. The second-order valence-corrected chi connectivity index (χ2v) is 3.67. The van der Waals surface area contributed by atoms with Gasteiger partial charge in [0.15, 0.2) is 5.78 Å². The second-order valence-electron chi connectivity index (χ2n) is 3.67. The van der Waals surface area contributed by atoms with Gasteiger partial charge >= 0.3 is 6.09 Å². The van der Waals surface area contributed by atoms with Gasteiger partial charge in [-0.25, -0.2) is 4.79 Å². The van der Waals surface area contributed by atoms with E-state index < -0.39 is 12.1 Å². The summed E-state index contributed by atoms with van der Waals surface area (Å²) in [5, 5.41) is 2.57. The highest BCUT2D eigenvalue weighted by molar-refractivity contribution is 5.85. The highest BCUT2D eigenvalue weighted by Gasteiger charge is 2.28. The molecule has 0 radical (unpaired) electrons. The molecule has 1 fully saturated rings. The van der Waals surface area contributed by atoms with E-state index in [0.717, 1.165) is 12.8 Å². The number of methoxy groups -OCH3 is 1. The average molecular weight is 215 g/mol. The van der Waals surface area contributed by atoms with Gasteiger partial charge in [0, 0.05) is 13.2 Å². The largest absolute Gasteiger partial charge is 0.453 e. The third kappa shape index (κ3) is 3.51. The summed E-state index contributed by atoms with van der Waals surface area (Å²) in [5.41, 5.74) is 0. The van der Waals surface area contributed by atoms with E-state index in [0.29, 0.717) is 13.2 Å². The van der Waals surface area contributed by atoms with Gasteiger partial charge in [0.1, 0.15) is 0 Å². The highest BCUT2D eigenvalue weighted by Crippen LogP contribution is 2.19. The maximum Gasteiger partial charge on any atom is 0.407 e. The first-order valence-corrected chi connectivity index (χ1v) is 5.08. The first-order chi connectivity index (χ1) is 7.15. The summed E-state index contributed by atoms with van der Waals surface area (Å²) >= 11 is 0. The van der Waals surface area contributed by atoms with Gasteiger partial charge < -0.3 is 14.8 Å². The molecular formula is C10H17NO4. The number of hydrogen-bond acceptors (Lipinski definition) is 4. The number of carbonyl (C=O) groups excluding carboxylic acids is 2. The Labute approximate surface area is 89.1 Å². The van der Waals surface area contributed by atoms with Crippen LogP contribution in [-0.2, 0) is 14.3 Å². The topological polar surface area (TPSA) is 64.6 Å². The van der Waals surface area contributed by atoms with E-state index in [9.17, 15) is 9.59 Å². The third-order valence-corrected chi connectivity index (χ3v) is 2.63. The Morgan fingerprint density at radius 2 is 2.00 bits per heavy atom. The molecule has 86 valence electrons. The number of carbonyl (C=O) groups is 2. The summed E-state index contributed by atoms with van der Waals surface area (Å²) in [6.45, 7) is 2.78. The molecule has 0 saturated carbocycles. The Kier molecular flexibility index (Phi) is 4.55. The lowest BCUT2D eigenvalue weighted by Gasteiger charge is -2.28. The number of ketones is 1. The molecule has 0 aromatic heterocycles. The quantitative estimate of drug-likeness (QED) is 0.753. The van der Waals surface area contributed by atoms with Gasteiger partial charge in [0.2, 0.25) is 0 Å². The van der Waals surface area contributed by atoms with Crippen LogP contribution in [0.15, 0.2) is 0 Å². The Morgan fingerprint density at radius 1 is 1.40 bits per heavy atom. The van der Waals surface area contributed by atoms with Crippen LogP contribution in [0.1, 0.15) is 19.8 Å². The monoisotopic (exact) mass is 215 g/mol. The number of hydrogen-bond donors (Lipinski definition) is 1. The summed E-state index contributed by atoms with van der Waals surface area (Å²) < 4.78 is 9.69. The Balaban J connectivity index is 2.55. The van der Waals surface area contributed by atoms with Crippen molar-refractivity contribution in [2.75, 3.05) is 20.3 Å². The molecule has 1 saturated heterocycles. The zero-order valence-corrected chi connectivity index (χ0v) is 9.12. The molecular weight excluding hydrogens is 198 g/mol. The molecule has 1 rings (SSSR count). The summed E-state index contributed by atoms with van der Waals surface area (Å²) in [6, 6.07) is -0.443. The van der Waals surface area contributed by atoms with Crippen molar-refractivity contribution >= 4 is 11.9 Å². The SMILES string of the molecule is COC(=O)N[C@@H](C(C)=O)C1CCOCC1. The van der Waals surface area contributed by atoms with Crippen molar-refractivity contribution in [1.29, 1.82) is 0 Å². The summed E-state index contributed by atoms with van der Waals surface area (Å²) in [5.74, 6) is 0.127. The molecule has 0 aromatic rings. The molecule has 0 aromatic carbocycles. The van der Waals surface area contributed by atoms with Crippen molar-refractivity contribution in [2.24, 2.45) is 5.92 Å². The second kappa shape index (κ2) is 5.70. The number of alkyl carbamates (subject to hydrolysis) is 1. The van der Waals surface area contributed by atoms with E-state index in [-0.39, 0.29) is 11.7 Å². The summed E-state index contributed by atoms with van der Waals surface area (Å²) in [6.07, 6.45) is 1.05. The Hall–Kier alpha value is -1.10. The van der Waals surface area contributed by atoms with E-state index in [1.807, 2.05) is 0 Å². The van der Waals surface area contributed by atoms with Crippen molar-refractivity contribution in [1.82, 2.24) is 5.32 Å². The van der Waals surface area contributed by atoms with Crippen LogP contribution in [0.2, 0.25) is 0 Å². The fourth-order valence-electron chi connectivity index (χ4n) is 1.79. The van der Waals surface area contributed by atoms with Gasteiger partial charge in [-0.15, -0.1) is 0 Å². The van der Waals surface area contributed by atoms with Crippen LogP contribution in [0.3, 0.4) is 0 Å². The Morgan fingerprint density at radius 3 is 2.47 bits per heavy atom. The number of amides is 1. The molecule has 1 aliphatic rings. The van der Waals surface area contributed by atoms with E-state index >= 15 is 0 Å². The van der Waals surface area contributed by atoms with E-state index in [2.05, 4.69) is 10.1 Å². The van der Waals surface area contributed by atoms with Crippen LogP contribution in [-0.4, -0.2) is 38.2 Å². The molecule has 5 heteroatoms. The molecule has 5 nitrogen and oxygen atoms in total. The minimum Gasteiger partial charge on any atom is -0.453 e. The van der Waals surface area contributed by atoms with Crippen LogP contribution < -0.4 is 5.32 Å². The number of rotatable bonds is 3. The van der Waals surface area contributed by atoms with Gasteiger partial charge in [-0.3, -0.25) is 4.79 Å². The van der Waals surface area contributed by atoms with E-state index in [1.54, 1.807) is 0 Å². The molecule has 1 aliphatic heterocycles. The molecule has 0 spiro atoms. The minimum absolute atomic E-state index is 0.0349. The third-order valence-electron chi connectivity index (χ3n) is 2.63. The van der Waals surface area contributed by atoms with Crippen LogP contribution in [0.4, 0.5) is 4.79 Å². The van der Waals surface area contributed by atoms with Crippen LogP contribution in [0.5, 0.6) is 0 Å². The number of ether oxygens (including phenoxy) is 2. The molecule has 1 amide bonds. The maximum absolute atomic E-state index is 11.4. The smallest absolute Gasteiger partial charge is 0.407 e. The van der Waals surface area contributed by atoms with Crippen LogP contribution in [0, 0.1) is 5.92 Å². The zero-order chi connectivity index (χ0) is 11.3. The predicted octanol–water partition coefficient (Wildman–Crippen LogP) is 0.727. The highest BCUT2D eigenvalue weighted by atomic mass is 16.5. The Bertz CT molecular complexity index is 236. The maximum atomic E-state index is 11.4. The van der Waals surface area contributed by atoms with Crippen LogP contribution in [0.25, 0.3) is 0 Å². The van der Waals surface area contributed by atoms with Gasteiger partial charge in [-0.2, -0.15) is 0 Å². The van der Waals surface area contributed by atoms with E-state index in [4.69, 9.17) is 4.74 Å². The van der Waals surface area contributed by atoms with E-state index in [1.165, 1.54) is 14.0 Å². The first kappa shape index (κ1) is 12.0. The summed E-state index contributed by atoms with van der Waals surface area (Å²) in [4.78, 5) is 22.4. The molecule has 1 N–H and O–H groups in total. The molecule has 15 heavy (non-hydrogen) atoms. The standard InChI is InChI=1S/C10H17NO4/c1-7(12)9(11-10(13)14-2)8-3-5-15-6-4-8/h8-9H,3-6H2,1-2H3,(H,11,13)/t9-/m0/s1. The lowest BCUT2D eigenvalue weighted by Crippen LogP contribution is -2.46. The zero-order valence-electron chi connectivity index (χ0n) is 9.12. The summed E-state index contributed by atoms with van der Waals surface area (Å²) in [7, 11) is 1.29. The number of Topliss-reactive ketones (excluding diaryl/α,β-unsaturated/α-hetero) is 1. The first-order valence-electron chi connectivity index (χ1n) is 5.08. The van der Waals surface area contributed by atoms with Gasteiger partial charge in [-0.05, 0) is 25.7 Å². The van der Waals surface area contributed by atoms with Gasteiger partial charge in [0.25, 0.3) is 0 Å². The van der Waals surface area contributed by atoms with Crippen LogP contribution >= 0.6 is 0 Å². The normalized spacial score (nSPS) is 19.3. The van der Waals surface area contributed by atoms with Crippen molar-refractivity contribution in [3.8, 4) is 0 Å². The minimum atomic E-state index is -0.554. The molecule has 1 atom stereocenters. The number of nitrogens with one attached hydrogen (secondary N) is 1. The lowest BCUT2D eigenvalue weighted by atomic mass is 9.89. The van der Waals surface area contributed by atoms with Gasteiger partial charge in [0.05, 0.1) is 13.2 Å². The molecule has 0 unspecified atom stereocenters. The molecule has 0 aliphatic carbocycles. The van der Waals surface area contributed by atoms with Crippen molar-refractivity contribution in [3.05, 3.63) is 0 Å². The van der Waals surface area contributed by atoms with Crippen molar-refractivity contribution in [3.63, 3.8) is 0 Å². The molecule has 1 heterocycles. The van der Waals surface area contributed by atoms with Crippen molar-refractivity contribution in [2.45, 2.75) is 25.8 Å². The fraction of sp³-hybridized carbons (Fsp3) is 0.800. The molecule has 0 bridgehead atoms. The van der Waals surface area contributed by atoms with Gasteiger partial charge in [-0.1, -0.05) is 0 Å². The predicted molar refractivity (Wildman–Crippen MR) is 53.6 cm³/mol. The average Bonchev–Trinajstić information content (AvgIpc) is 2.26. The lowest BCUT2D eigenvalue weighted by molar-refractivity contribution is -0.121. The van der Waals surface area contributed by atoms with Crippen molar-refractivity contribution < 1.29 is 19.1 Å².